The highest BCUT2D eigenvalue weighted by Gasteiger charge is 2.26. The number of hydrogen-bond donors (Lipinski definition) is 2. The van der Waals surface area contributed by atoms with Gasteiger partial charge in [-0.25, -0.2) is 4.57 Å². The van der Waals surface area contributed by atoms with Crippen LogP contribution in [-0.4, -0.2) is 49.3 Å². The Balaban J connectivity index is 3.84. The number of nitrogens with two attached hydrogens (primary N) is 1. The molecular weight excluding hydrogens is 978 g/mol. The third kappa shape index (κ3) is 63.0. The number of allylic oxidation sites excluding steroid dienone is 8. The molecule has 2 atom stereocenters. The van der Waals surface area contributed by atoms with Gasteiger partial charge in [0.15, 0.2) is 6.10 Å². The van der Waals surface area contributed by atoms with Crippen LogP contribution in [0.3, 0.4) is 0 Å². The molecule has 0 aromatic carbocycles. The second kappa shape index (κ2) is 63.2. The number of phosphoric acid groups is 1. The van der Waals surface area contributed by atoms with Gasteiger partial charge in [-0.1, -0.05) is 319 Å². The SMILES string of the molecule is CC/C=C\C/C=C\C/C=C\C/C=C\CCCCCCCCCCCCCCCCCCCCCCC(=O)OC(COC(=O)CCCCCCCCCCCCCCCCCCCCCCCCC)COP(=O)(O)OCCN. The quantitative estimate of drug-likeness (QED) is 0.0264. The van der Waals surface area contributed by atoms with Crippen LogP contribution in [0.5, 0.6) is 0 Å². The van der Waals surface area contributed by atoms with Crippen LogP contribution in [-0.2, 0) is 32.7 Å². The average Bonchev–Trinajstić information content (AvgIpc) is 3.42. The van der Waals surface area contributed by atoms with Crippen LogP contribution in [0.2, 0.25) is 0 Å². The Morgan fingerprint density at radius 1 is 0.403 bits per heavy atom. The summed E-state index contributed by atoms with van der Waals surface area (Å²) < 4.78 is 33.2. The van der Waals surface area contributed by atoms with E-state index in [1.807, 2.05) is 0 Å². The number of esters is 2. The topological polar surface area (TPSA) is 134 Å². The Morgan fingerprint density at radius 2 is 0.714 bits per heavy atom. The summed E-state index contributed by atoms with van der Waals surface area (Å²) in [7, 11) is -4.39. The Bertz CT molecular complexity index is 1400. The maximum absolute atomic E-state index is 12.7. The Kier molecular flexibility index (Phi) is 61.5. The maximum atomic E-state index is 12.7. The summed E-state index contributed by atoms with van der Waals surface area (Å²) in [5.74, 6) is -0.806. The lowest BCUT2D eigenvalue weighted by molar-refractivity contribution is -0.161. The standard InChI is InChI=1S/C67H126NO8P/c1-3-5-7-9-11-13-15-17-19-21-23-25-27-28-29-30-31-32-33-34-35-36-38-40-42-44-46-48-50-52-54-56-58-60-67(70)76-65(64-75-77(71,72)74-62-61-68)63-73-66(69)59-57-55-53-51-49-47-45-43-41-39-37-26-24-22-20-18-16-14-12-10-8-6-4-2/h5,7,11,13,17,19,23,25,65H,3-4,6,8-10,12,14-16,18,20-22,24,26-64,68H2,1-2H3,(H,71,72)/b7-5-,13-11-,19-17-,25-23-. The van der Waals surface area contributed by atoms with Crippen molar-refractivity contribution in [2.75, 3.05) is 26.4 Å². The zero-order valence-electron chi connectivity index (χ0n) is 50.7. The number of ether oxygens (including phenoxy) is 2. The summed E-state index contributed by atoms with van der Waals surface area (Å²) in [5.41, 5.74) is 5.40. The molecule has 0 rings (SSSR count). The van der Waals surface area contributed by atoms with Crippen molar-refractivity contribution in [2.45, 2.75) is 341 Å². The Hall–Kier alpha value is -2.03. The smallest absolute Gasteiger partial charge is 0.462 e. The van der Waals surface area contributed by atoms with E-state index >= 15 is 0 Å². The first kappa shape index (κ1) is 75.0. The minimum absolute atomic E-state index is 0.0558. The van der Waals surface area contributed by atoms with Gasteiger partial charge < -0.3 is 20.1 Å². The summed E-state index contributed by atoms with van der Waals surface area (Å²) in [4.78, 5) is 35.3. The van der Waals surface area contributed by atoms with E-state index in [2.05, 4.69) is 62.5 Å². The lowest BCUT2D eigenvalue weighted by Crippen LogP contribution is -2.29. The summed E-state index contributed by atoms with van der Waals surface area (Å²) in [6, 6.07) is 0. The molecule has 0 bridgehead atoms. The number of phosphoric ester groups is 1. The first-order valence-electron chi connectivity index (χ1n) is 33.1. The van der Waals surface area contributed by atoms with Crippen molar-refractivity contribution in [1.82, 2.24) is 0 Å². The molecule has 0 aromatic heterocycles. The fourth-order valence-corrected chi connectivity index (χ4v) is 10.6. The van der Waals surface area contributed by atoms with Gasteiger partial charge in [-0.05, 0) is 51.4 Å². The van der Waals surface area contributed by atoms with Gasteiger partial charge in [0.1, 0.15) is 6.61 Å². The van der Waals surface area contributed by atoms with E-state index in [0.717, 1.165) is 57.8 Å². The molecule has 452 valence electrons. The monoisotopic (exact) mass is 1100 g/mol. The molecule has 0 heterocycles. The number of carbonyl (C=O) groups excluding carboxylic acids is 2. The highest BCUT2D eigenvalue weighted by molar-refractivity contribution is 7.47. The summed E-state index contributed by atoms with van der Waals surface area (Å²) in [5, 5.41) is 0. The van der Waals surface area contributed by atoms with Crippen LogP contribution in [0.25, 0.3) is 0 Å². The zero-order chi connectivity index (χ0) is 55.9. The number of carbonyl (C=O) groups is 2. The van der Waals surface area contributed by atoms with Gasteiger partial charge in [0, 0.05) is 19.4 Å². The zero-order valence-corrected chi connectivity index (χ0v) is 51.6. The van der Waals surface area contributed by atoms with Gasteiger partial charge in [0.2, 0.25) is 0 Å². The molecule has 9 nitrogen and oxygen atoms in total. The minimum atomic E-state index is -4.39. The highest BCUT2D eigenvalue weighted by Crippen LogP contribution is 2.43. The molecule has 0 aliphatic carbocycles. The molecule has 77 heavy (non-hydrogen) atoms. The van der Waals surface area contributed by atoms with E-state index in [0.29, 0.717) is 6.42 Å². The molecule has 0 aliphatic heterocycles. The third-order valence-electron chi connectivity index (χ3n) is 14.7. The van der Waals surface area contributed by atoms with Crippen LogP contribution in [0.4, 0.5) is 0 Å². The summed E-state index contributed by atoms with van der Waals surface area (Å²) in [6.45, 7) is 3.70. The molecule has 2 unspecified atom stereocenters. The van der Waals surface area contributed by atoms with E-state index in [1.54, 1.807) is 0 Å². The van der Waals surface area contributed by atoms with Gasteiger partial charge in [0.05, 0.1) is 13.2 Å². The van der Waals surface area contributed by atoms with Crippen molar-refractivity contribution in [3.05, 3.63) is 48.6 Å². The molecule has 0 saturated heterocycles. The predicted octanol–water partition coefficient (Wildman–Crippen LogP) is 21.3. The second-order valence-electron chi connectivity index (χ2n) is 22.3. The van der Waals surface area contributed by atoms with Gasteiger partial charge in [-0.15, -0.1) is 0 Å². The van der Waals surface area contributed by atoms with E-state index in [1.165, 1.54) is 244 Å². The molecule has 0 amide bonds. The van der Waals surface area contributed by atoms with Crippen LogP contribution in [0.1, 0.15) is 335 Å². The molecule has 0 fully saturated rings. The average molecular weight is 1100 g/mol. The van der Waals surface area contributed by atoms with Crippen molar-refractivity contribution in [3.8, 4) is 0 Å². The van der Waals surface area contributed by atoms with Crippen LogP contribution in [0, 0.1) is 0 Å². The minimum Gasteiger partial charge on any atom is -0.462 e. The molecule has 0 aliphatic rings. The molecule has 0 saturated carbocycles. The second-order valence-corrected chi connectivity index (χ2v) is 23.8. The van der Waals surface area contributed by atoms with Crippen molar-refractivity contribution in [2.24, 2.45) is 5.73 Å². The maximum Gasteiger partial charge on any atom is 0.472 e. The van der Waals surface area contributed by atoms with Crippen molar-refractivity contribution in [1.29, 1.82) is 0 Å². The lowest BCUT2D eigenvalue weighted by atomic mass is 10.0. The third-order valence-corrected chi connectivity index (χ3v) is 15.7. The van der Waals surface area contributed by atoms with Gasteiger partial charge >= 0.3 is 19.8 Å². The normalized spacial score (nSPS) is 13.2. The molecule has 3 N–H and O–H groups in total. The van der Waals surface area contributed by atoms with E-state index in [9.17, 15) is 19.0 Å². The van der Waals surface area contributed by atoms with Crippen LogP contribution < -0.4 is 5.73 Å². The van der Waals surface area contributed by atoms with E-state index < -0.39 is 26.5 Å². The molecule has 0 radical (unpaired) electrons. The summed E-state index contributed by atoms with van der Waals surface area (Å²) in [6.07, 6.45) is 79.1. The Morgan fingerprint density at radius 3 is 1.06 bits per heavy atom. The summed E-state index contributed by atoms with van der Waals surface area (Å²) >= 11 is 0. The van der Waals surface area contributed by atoms with Crippen LogP contribution >= 0.6 is 7.82 Å². The predicted molar refractivity (Wildman–Crippen MR) is 330 cm³/mol. The van der Waals surface area contributed by atoms with Gasteiger partial charge in [-0.3, -0.25) is 18.6 Å². The van der Waals surface area contributed by atoms with Crippen LogP contribution in [0.15, 0.2) is 48.6 Å². The fourth-order valence-electron chi connectivity index (χ4n) is 9.87. The number of hydrogen-bond acceptors (Lipinski definition) is 8. The highest BCUT2D eigenvalue weighted by atomic mass is 31.2. The first-order chi connectivity index (χ1) is 37.8. The molecular formula is C67H126NO8P. The van der Waals surface area contributed by atoms with Gasteiger partial charge in [0.25, 0.3) is 0 Å². The molecule has 10 heteroatoms. The van der Waals surface area contributed by atoms with Gasteiger partial charge in [-0.2, -0.15) is 0 Å². The van der Waals surface area contributed by atoms with Crippen molar-refractivity contribution >= 4 is 19.8 Å². The van der Waals surface area contributed by atoms with Crippen molar-refractivity contribution in [3.63, 3.8) is 0 Å². The Labute approximate surface area is 477 Å². The molecule has 0 spiro atoms. The fraction of sp³-hybridized carbons (Fsp3) is 0.851. The number of unbranched alkanes of at least 4 members (excludes halogenated alkanes) is 42. The number of rotatable bonds is 63. The lowest BCUT2D eigenvalue weighted by Gasteiger charge is -2.19. The van der Waals surface area contributed by atoms with E-state index in [4.69, 9.17) is 24.3 Å². The van der Waals surface area contributed by atoms with E-state index in [-0.39, 0.29) is 38.6 Å². The largest absolute Gasteiger partial charge is 0.472 e. The first-order valence-corrected chi connectivity index (χ1v) is 34.6. The van der Waals surface area contributed by atoms with Crippen molar-refractivity contribution < 1.29 is 37.6 Å². The molecule has 0 aromatic rings.